The highest BCUT2D eigenvalue weighted by Gasteiger charge is 2.33. The van der Waals surface area contributed by atoms with Gasteiger partial charge in [0.1, 0.15) is 6.04 Å². The molecule has 0 aliphatic carbocycles. The number of rotatable bonds is 7. The van der Waals surface area contributed by atoms with Crippen LogP contribution in [-0.4, -0.2) is 57.2 Å². The molecular weight excluding hydrogens is 418 g/mol. The van der Waals surface area contributed by atoms with E-state index in [1.54, 1.807) is 36.4 Å². The Kier molecular flexibility index (Phi) is 7.06. The van der Waals surface area contributed by atoms with Crippen molar-refractivity contribution in [3.8, 4) is 0 Å². The van der Waals surface area contributed by atoms with Crippen molar-refractivity contribution >= 4 is 27.6 Å². The minimum atomic E-state index is -3.54. The number of likely N-dealkylation sites (N-methyl/N-ethyl adjacent to an activating group) is 1. The van der Waals surface area contributed by atoms with Gasteiger partial charge in [-0.2, -0.15) is 0 Å². The summed E-state index contributed by atoms with van der Waals surface area (Å²) < 4.78 is 25.1. The van der Waals surface area contributed by atoms with Crippen LogP contribution < -0.4 is 10.6 Å². The fraction of sp³-hybridized carbons (Fsp3) is 0.318. The highest BCUT2D eigenvalue weighted by Crippen LogP contribution is 2.18. The molecule has 31 heavy (non-hydrogen) atoms. The summed E-state index contributed by atoms with van der Waals surface area (Å²) in [5.74, 6) is -1.27. The maximum Gasteiger partial charge on any atom is 0.251 e. The van der Waals surface area contributed by atoms with Gasteiger partial charge in [0.05, 0.1) is 17.2 Å². The van der Waals surface area contributed by atoms with Crippen molar-refractivity contribution in [1.29, 1.82) is 0 Å². The van der Waals surface area contributed by atoms with Gasteiger partial charge in [0, 0.05) is 19.2 Å². The van der Waals surface area contributed by atoms with Crippen LogP contribution in [0.5, 0.6) is 0 Å². The number of nitrogens with zero attached hydrogens (tertiary/aromatic N) is 1. The van der Waals surface area contributed by atoms with Crippen LogP contribution >= 0.6 is 0 Å². The maximum atomic E-state index is 12.6. The number of nitrogens with one attached hydrogen (secondary N) is 2. The van der Waals surface area contributed by atoms with Crippen molar-refractivity contribution in [1.82, 2.24) is 15.5 Å². The SMILES string of the molecule is CNC(=O)C1CCCN1C(=O)CNC(=O)c1cccc(CS(=O)(=O)c2ccccc2)c1. The van der Waals surface area contributed by atoms with Crippen LogP contribution in [-0.2, 0) is 25.2 Å². The molecule has 3 amide bonds. The zero-order chi connectivity index (χ0) is 22.4. The van der Waals surface area contributed by atoms with Crippen molar-refractivity contribution < 1.29 is 22.8 Å². The van der Waals surface area contributed by atoms with Gasteiger partial charge in [-0.25, -0.2) is 8.42 Å². The summed E-state index contributed by atoms with van der Waals surface area (Å²) >= 11 is 0. The quantitative estimate of drug-likeness (QED) is 0.666. The number of hydrogen-bond donors (Lipinski definition) is 2. The average Bonchev–Trinajstić information content (AvgIpc) is 3.27. The van der Waals surface area contributed by atoms with Gasteiger partial charge >= 0.3 is 0 Å². The lowest BCUT2D eigenvalue weighted by Gasteiger charge is -2.23. The van der Waals surface area contributed by atoms with Crippen LogP contribution in [0.4, 0.5) is 0 Å². The Hall–Kier alpha value is -3.20. The van der Waals surface area contributed by atoms with E-state index in [1.165, 1.54) is 30.1 Å². The Morgan fingerprint density at radius 1 is 1.06 bits per heavy atom. The lowest BCUT2D eigenvalue weighted by atomic mass is 10.1. The zero-order valence-corrected chi connectivity index (χ0v) is 18.0. The highest BCUT2D eigenvalue weighted by molar-refractivity contribution is 7.90. The lowest BCUT2D eigenvalue weighted by molar-refractivity contribution is -0.137. The van der Waals surface area contributed by atoms with E-state index in [4.69, 9.17) is 0 Å². The molecule has 0 bridgehead atoms. The Labute approximate surface area is 181 Å². The average molecular weight is 444 g/mol. The predicted molar refractivity (Wildman–Crippen MR) is 115 cm³/mol. The molecule has 1 unspecified atom stereocenters. The van der Waals surface area contributed by atoms with Crippen LogP contribution in [0.1, 0.15) is 28.8 Å². The molecule has 0 aromatic heterocycles. The molecule has 1 aliphatic heterocycles. The van der Waals surface area contributed by atoms with Gasteiger partial charge in [-0.15, -0.1) is 0 Å². The normalized spacial score (nSPS) is 16.0. The summed E-state index contributed by atoms with van der Waals surface area (Å²) in [4.78, 5) is 38.6. The third-order valence-corrected chi connectivity index (χ3v) is 6.87. The molecule has 2 aromatic rings. The fourth-order valence-electron chi connectivity index (χ4n) is 3.60. The summed E-state index contributed by atoms with van der Waals surface area (Å²) in [6.07, 6.45) is 1.33. The second-order valence-electron chi connectivity index (χ2n) is 7.31. The number of benzene rings is 2. The molecule has 1 fully saturated rings. The number of carbonyl (C=O) groups is 3. The van der Waals surface area contributed by atoms with Gasteiger partial charge in [0.2, 0.25) is 11.8 Å². The van der Waals surface area contributed by atoms with Gasteiger partial charge in [0.15, 0.2) is 9.84 Å². The van der Waals surface area contributed by atoms with Crippen molar-refractivity contribution in [2.45, 2.75) is 29.5 Å². The predicted octanol–water partition coefficient (Wildman–Crippen LogP) is 1.13. The van der Waals surface area contributed by atoms with Gasteiger partial charge in [0.25, 0.3) is 5.91 Å². The topological polar surface area (TPSA) is 113 Å². The Morgan fingerprint density at radius 2 is 1.81 bits per heavy atom. The smallest absolute Gasteiger partial charge is 0.251 e. The number of sulfone groups is 1. The molecule has 3 rings (SSSR count). The minimum absolute atomic E-state index is 0.215. The summed E-state index contributed by atoms with van der Waals surface area (Å²) in [5.41, 5.74) is 0.736. The molecule has 164 valence electrons. The zero-order valence-electron chi connectivity index (χ0n) is 17.2. The molecule has 2 N–H and O–H groups in total. The molecule has 0 saturated carbocycles. The largest absolute Gasteiger partial charge is 0.357 e. The van der Waals surface area contributed by atoms with E-state index in [1.807, 2.05) is 0 Å². The molecule has 2 aromatic carbocycles. The van der Waals surface area contributed by atoms with Gasteiger partial charge < -0.3 is 15.5 Å². The maximum absolute atomic E-state index is 12.6. The van der Waals surface area contributed by atoms with E-state index in [0.717, 1.165) is 6.42 Å². The van der Waals surface area contributed by atoms with Gasteiger partial charge in [-0.05, 0) is 42.7 Å². The molecular formula is C22H25N3O5S. The van der Waals surface area contributed by atoms with Crippen molar-refractivity contribution in [2.75, 3.05) is 20.1 Å². The highest BCUT2D eigenvalue weighted by atomic mass is 32.2. The molecule has 0 spiro atoms. The van der Waals surface area contributed by atoms with Crippen LogP contribution in [0.2, 0.25) is 0 Å². The number of amides is 3. The number of likely N-dealkylation sites (tertiary alicyclic amines) is 1. The van der Waals surface area contributed by atoms with E-state index < -0.39 is 21.8 Å². The Balaban J connectivity index is 1.63. The first kappa shape index (κ1) is 22.5. The molecule has 1 heterocycles. The molecule has 9 heteroatoms. The van der Waals surface area contributed by atoms with Crippen LogP contribution in [0.25, 0.3) is 0 Å². The van der Waals surface area contributed by atoms with Crippen molar-refractivity contribution in [2.24, 2.45) is 0 Å². The minimum Gasteiger partial charge on any atom is -0.357 e. The Morgan fingerprint density at radius 3 is 2.52 bits per heavy atom. The van der Waals surface area contributed by atoms with E-state index >= 15 is 0 Å². The molecule has 1 atom stereocenters. The van der Waals surface area contributed by atoms with Gasteiger partial charge in [-0.3, -0.25) is 14.4 Å². The second-order valence-corrected chi connectivity index (χ2v) is 9.30. The molecule has 1 saturated heterocycles. The molecule has 1 aliphatic rings. The summed E-state index contributed by atoms with van der Waals surface area (Å²) in [6, 6.07) is 13.9. The van der Waals surface area contributed by atoms with E-state index in [2.05, 4.69) is 10.6 Å². The lowest BCUT2D eigenvalue weighted by Crippen LogP contribution is -2.48. The van der Waals surface area contributed by atoms with Crippen LogP contribution in [0, 0.1) is 0 Å². The summed E-state index contributed by atoms with van der Waals surface area (Å²) in [5, 5.41) is 5.11. The van der Waals surface area contributed by atoms with E-state index in [-0.39, 0.29) is 34.6 Å². The number of hydrogen-bond acceptors (Lipinski definition) is 5. The fourth-order valence-corrected chi connectivity index (χ4v) is 4.95. The van der Waals surface area contributed by atoms with Crippen molar-refractivity contribution in [3.05, 3.63) is 65.7 Å². The van der Waals surface area contributed by atoms with E-state index in [9.17, 15) is 22.8 Å². The first-order valence-electron chi connectivity index (χ1n) is 9.98. The Bertz CT molecular complexity index is 1070. The molecule has 8 nitrogen and oxygen atoms in total. The molecule has 0 radical (unpaired) electrons. The van der Waals surface area contributed by atoms with Gasteiger partial charge in [-0.1, -0.05) is 30.3 Å². The summed E-state index contributed by atoms with van der Waals surface area (Å²) in [7, 11) is -2.02. The first-order valence-corrected chi connectivity index (χ1v) is 11.6. The van der Waals surface area contributed by atoms with Crippen LogP contribution in [0.3, 0.4) is 0 Å². The third-order valence-electron chi connectivity index (χ3n) is 5.17. The second kappa shape index (κ2) is 9.74. The number of carbonyl (C=O) groups excluding carboxylic acids is 3. The van der Waals surface area contributed by atoms with Crippen LogP contribution in [0.15, 0.2) is 59.5 Å². The monoisotopic (exact) mass is 443 g/mol. The summed E-state index contributed by atoms with van der Waals surface area (Å²) in [6.45, 7) is 0.235. The third kappa shape index (κ3) is 5.49. The first-order chi connectivity index (χ1) is 14.8. The standard InChI is InChI=1S/C22H25N3O5S/c1-23-22(28)19-11-6-12-25(19)20(26)14-24-21(27)17-8-5-7-16(13-17)15-31(29,30)18-9-3-2-4-10-18/h2-5,7-10,13,19H,6,11-12,14-15H2,1H3,(H,23,28)(H,24,27). The van der Waals surface area contributed by atoms with Crippen molar-refractivity contribution in [3.63, 3.8) is 0 Å². The van der Waals surface area contributed by atoms with E-state index in [0.29, 0.717) is 18.5 Å².